The summed E-state index contributed by atoms with van der Waals surface area (Å²) in [6.07, 6.45) is 0.400. The van der Waals surface area contributed by atoms with Crippen molar-refractivity contribution in [3.63, 3.8) is 0 Å². The first-order valence-electron chi connectivity index (χ1n) is 8.25. The average molecular weight is 354 g/mol. The number of benzene rings is 2. The van der Waals surface area contributed by atoms with Crippen LogP contribution >= 0.6 is 0 Å². The van der Waals surface area contributed by atoms with E-state index in [4.69, 9.17) is 0 Å². The Morgan fingerprint density at radius 1 is 1.19 bits per heavy atom. The number of nitrogens with zero attached hydrogens (tertiary/aromatic N) is 2. The van der Waals surface area contributed by atoms with Gasteiger partial charge in [-0.1, -0.05) is 30.3 Å². The number of amides is 2. The largest absolute Gasteiger partial charge is 0.338 e. The molecule has 0 aliphatic rings. The van der Waals surface area contributed by atoms with Crippen molar-refractivity contribution >= 4 is 16.9 Å². The number of urea groups is 1. The van der Waals surface area contributed by atoms with Gasteiger partial charge in [-0.15, -0.1) is 0 Å². The Bertz CT molecular complexity index is 986. The van der Waals surface area contributed by atoms with Crippen molar-refractivity contribution < 1.29 is 9.18 Å². The van der Waals surface area contributed by atoms with Crippen molar-refractivity contribution in [2.24, 2.45) is 0 Å². The zero-order chi connectivity index (χ0) is 18.5. The molecule has 0 bridgehead atoms. The number of hydrogen-bond donors (Lipinski definition) is 2. The molecule has 2 N–H and O–H groups in total. The van der Waals surface area contributed by atoms with Crippen molar-refractivity contribution in [2.45, 2.75) is 13.0 Å². The second-order valence-electron chi connectivity index (χ2n) is 5.96. The maximum Gasteiger partial charge on any atom is 0.317 e. The van der Waals surface area contributed by atoms with Gasteiger partial charge in [-0.2, -0.15) is 0 Å². The summed E-state index contributed by atoms with van der Waals surface area (Å²) in [7, 11) is 1.60. The predicted molar refractivity (Wildman–Crippen MR) is 97.3 cm³/mol. The van der Waals surface area contributed by atoms with Crippen LogP contribution in [0.5, 0.6) is 0 Å². The number of halogens is 1. The number of nitrogens with one attached hydrogen (secondary N) is 2. The molecule has 0 atom stereocenters. The normalized spacial score (nSPS) is 10.7. The van der Waals surface area contributed by atoms with Gasteiger partial charge in [0.05, 0.1) is 17.4 Å². The van der Waals surface area contributed by atoms with Gasteiger partial charge in [-0.25, -0.2) is 14.2 Å². The Hall–Kier alpha value is -3.22. The Balaban J connectivity index is 1.59. The average Bonchev–Trinajstić information content (AvgIpc) is 2.63. The van der Waals surface area contributed by atoms with E-state index in [9.17, 15) is 14.0 Å². The summed E-state index contributed by atoms with van der Waals surface area (Å²) in [5.74, 6) is 0.119. The molecule has 0 radical (unpaired) electrons. The number of aromatic amines is 1. The van der Waals surface area contributed by atoms with Gasteiger partial charge >= 0.3 is 6.03 Å². The van der Waals surface area contributed by atoms with Gasteiger partial charge in [0, 0.05) is 13.6 Å². The lowest BCUT2D eigenvalue weighted by molar-refractivity contribution is 0.206. The van der Waals surface area contributed by atoms with Crippen molar-refractivity contribution in [2.75, 3.05) is 13.6 Å². The third-order valence-electron chi connectivity index (χ3n) is 4.02. The van der Waals surface area contributed by atoms with Crippen LogP contribution < -0.4 is 10.9 Å². The fraction of sp³-hybridized carbons (Fsp3) is 0.211. The number of carbonyl (C=O) groups excluding carboxylic acids is 1. The second kappa shape index (κ2) is 7.77. The summed E-state index contributed by atoms with van der Waals surface area (Å²) >= 11 is 0. The van der Waals surface area contributed by atoms with Gasteiger partial charge in [-0.3, -0.25) is 4.79 Å². The highest BCUT2D eigenvalue weighted by atomic mass is 19.1. The van der Waals surface area contributed by atoms with Crippen LogP contribution in [0.4, 0.5) is 9.18 Å². The van der Waals surface area contributed by atoms with Crippen LogP contribution in [0, 0.1) is 5.82 Å². The highest BCUT2D eigenvalue weighted by Gasteiger charge is 2.11. The highest BCUT2D eigenvalue weighted by Crippen LogP contribution is 2.08. The molecule has 6 nitrogen and oxygen atoms in total. The molecule has 1 aromatic heterocycles. The molecular weight excluding hydrogens is 335 g/mol. The Morgan fingerprint density at radius 2 is 1.92 bits per heavy atom. The Kier molecular flexibility index (Phi) is 5.26. The maximum atomic E-state index is 13.6. The van der Waals surface area contributed by atoms with Gasteiger partial charge in [0.15, 0.2) is 0 Å². The molecule has 0 saturated heterocycles. The summed E-state index contributed by atoms with van der Waals surface area (Å²) in [6.45, 7) is 0.470. The standard InChI is InChI=1S/C19H19FN4O2/c1-24(19(26)21-11-10-13-6-2-4-8-15(13)20)12-17-22-16-9-5-3-7-14(16)18(25)23-17/h2-9H,10-12H2,1H3,(H,21,26)(H,22,23,25). The molecular formula is C19H19FN4O2. The van der Waals surface area contributed by atoms with Crippen LogP contribution in [-0.2, 0) is 13.0 Å². The lowest BCUT2D eigenvalue weighted by Crippen LogP contribution is -2.38. The van der Waals surface area contributed by atoms with E-state index in [1.54, 1.807) is 49.5 Å². The topological polar surface area (TPSA) is 78.1 Å². The van der Waals surface area contributed by atoms with Crippen LogP contribution in [0.25, 0.3) is 10.9 Å². The minimum absolute atomic E-state index is 0.158. The van der Waals surface area contributed by atoms with Crippen LogP contribution in [0.15, 0.2) is 53.3 Å². The van der Waals surface area contributed by atoms with Crippen molar-refractivity contribution in [3.8, 4) is 0 Å². The number of carbonyl (C=O) groups is 1. The molecule has 0 unspecified atom stereocenters. The molecule has 26 heavy (non-hydrogen) atoms. The number of H-pyrrole nitrogens is 1. The van der Waals surface area contributed by atoms with E-state index in [1.165, 1.54) is 11.0 Å². The van der Waals surface area contributed by atoms with Crippen LogP contribution in [0.2, 0.25) is 0 Å². The van der Waals surface area contributed by atoms with E-state index in [0.717, 1.165) is 0 Å². The fourth-order valence-electron chi connectivity index (χ4n) is 2.65. The van der Waals surface area contributed by atoms with E-state index in [0.29, 0.717) is 35.3 Å². The number of fused-ring (bicyclic) bond motifs is 1. The first-order valence-corrected chi connectivity index (χ1v) is 8.25. The SMILES string of the molecule is CN(Cc1nc2ccccc2c(=O)[nH]1)C(=O)NCCc1ccccc1F. The van der Waals surface area contributed by atoms with Gasteiger partial charge in [0.25, 0.3) is 5.56 Å². The van der Waals surface area contributed by atoms with Gasteiger partial charge in [0.1, 0.15) is 11.6 Å². The minimum Gasteiger partial charge on any atom is -0.338 e. The highest BCUT2D eigenvalue weighted by molar-refractivity contribution is 5.77. The molecule has 0 aliphatic heterocycles. The number of hydrogen-bond acceptors (Lipinski definition) is 3. The zero-order valence-electron chi connectivity index (χ0n) is 14.3. The molecule has 3 rings (SSSR count). The number of para-hydroxylation sites is 1. The molecule has 1 heterocycles. The molecule has 0 aliphatic carbocycles. The molecule has 0 spiro atoms. The second-order valence-corrected chi connectivity index (χ2v) is 5.96. The third kappa shape index (κ3) is 4.05. The Labute approximate surface area is 149 Å². The molecule has 2 aromatic carbocycles. The Morgan fingerprint density at radius 3 is 2.73 bits per heavy atom. The minimum atomic E-state index is -0.322. The summed E-state index contributed by atoms with van der Waals surface area (Å²) in [5.41, 5.74) is 0.898. The van der Waals surface area contributed by atoms with Gasteiger partial charge < -0.3 is 15.2 Å². The molecule has 7 heteroatoms. The molecule has 2 amide bonds. The molecule has 134 valence electrons. The summed E-state index contributed by atoms with van der Waals surface area (Å²) in [4.78, 5) is 32.7. The number of aromatic nitrogens is 2. The van der Waals surface area contributed by atoms with Crippen LogP contribution in [-0.4, -0.2) is 34.5 Å². The van der Waals surface area contributed by atoms with E-state index in [1.807, 2.05) is 0 Å². The monoisotopic (exact) mass is 354 g/mol. The fourth-order valence-corrected chi connectivity index (χ4v) is 2.65. The van der Waals surface area contributed by atoms with Gasteiger partial charge in [-0.05, 0) is 30.2 Å². The van der Waals surface area contributed by atoms with E-state index >= 15 is 0 Å². The molecule has 0 saturated carbocycles. The number of rotatable bonds is 5. The van der Waals surface area contributed by atoms with Crippen LogP contribution in [0.3, 0.4) is 0 Å². The zero-order valence-corrected chi connectivity index (χ0v) is 14.3. The lowest BCUT2D eigenvalue weighted by Gasteiger charge is -2.17. The summed E-state index contributed by atoms with van der Waals surface area (Å²) < 4.78 is 13.6. The summed E-state index contributed by atoms with van der Waals surface area (Å²) in [5, 5.41) is 3.24. The molecule has 3 aromatic rings. The van der Waals surface area contributed by atoms with Crippen molar-refractivity contribution in [3.05, 3.63) is 76.1 Å². The summed E-state index contributed by atoms with van der Waals surface area (Å²) in [6, 6.07) is 13.2. The maximum absolute atomic E-state index is 13.6. The smallest absolute Gasteiger partial charge is 0.317 e. The molecule has 0 fully saturated rings. The third-order valence-corrected chi connectivity index (χ3v) is 4.02. The van der Waals surface area contributed by atoms with Crippen molar-refractivity contribution in [1.82, 2.24) is 20.2 Å². The predicted octanol–water partition coefficient (Wildman–Crippen LogP) is 2.45. The van der Waals surface area contributed by atoms with Gasteiger partial charge in [0.2, 0.25) is 0 Å². The first kappa shape index (κ1) is 17.6. The van der Waals surface area contributed by atoms with E-state index in [2.05, 4.69) is 15.3 Å². The first-order chi connectivity index (χ1) is 12.5. The van der Waals surface area contributed by atoms with Crippen LogP contribution in [0.1, 0.15) is 11.4 Å². The quantitative estimate of drug-likeness (QED) is 0.739. The van der Waals surface area contributed by atoms with Crippen molar-refractivity contribution in [1.29, 1.82) is 0 Å². The van der Waals surface area contributed by atoms with E-state index < -0.39 is 0 Å². The van der Waals surface area contributed by atoms with E-state index in [-0.39, 0.29) is 24.0 Å². The lowest BCUT2D eigenvalue weighted by atomic mass is 10.1.